The number of unbranched alkanes of at least 4 members (excludes halogenated alkanes) is 2. The summed E-state index contributed by atoms with van der Waals surface area (Å²) in [5, 5.41) is 3.56. The first-order valence-electron chi connectivity index (χ1n) is 7.66. The van der Waals surface area contributed by atoms with Crippen LogP contribution in [0.4, 0.5) is 0 Å². The molecule has 1 aliphatic rings. The van der Waals surface area contributed by atoms with Crippen LogP contribution in [0.25, 0.3) is 0 Å². The molecule has 1 aliphatic carbocycles. The maximum Gasteiger partial charge on any atom is 0.237 e. The molecule has 1 atom stereocenters. The minimum atomic E-state index is -0.510. The molecule has 1 amide bonds. The SMILES string of the molecule is CCCCCC(C)(NC1CCCCCC1)C(N)=O. The summed E-state index contributed by atoms with van der Waals surface area (Å²) in [4.78, 5) is 11.7. The number of carbonyl (C=O) groups is 1. The first-order valence-corrected chi connectivity index (χ1v) is 7.66. The summed E-state index contributed by atoms with van der Waals surface area (Å²) in [5.41, 5.74) is 5.10. The van der Waals surface area contributed by atoms with Gasteiger partial charge in [-0.2, -0.15) is 0 Å². The zero-order valence-corrected chi connectivity index (χ0v) is 12.1. The predicted octanol–water partition coefficient (Wildman–Crippen LogP) is 3.12. The van der Waals surface area contributed by atoms with Crippen molar-refractivity contribution in [1.29, 1.82) is 0 Å². The van der Waals surface area contributed by atoms with E-state index in [2.05, 4.69) is 12.2 Å². The van der Waals surface area contributed by atoms with Crippen LogP contribution in [0.5, 0.6) is 0 Å². The third-order valence-corrected chi connectivity index (χ3v) is 4.20. The lowest BCUT2D eigenvalue weighted by molar-refractivity contribution is -0.124. The van der Waals surface area contributed by atoms with Gasteiger partial charge in [-0.25, -0.2) is 0 Å². The molecular formula is C15H30N2O. The summed E-state index contributed by atoms with van der Waals surface area (Å²) in [7, 11) is 0. The fourth-order valence-electron chi connectivity index (χ4n) is 2.87. The van der Waals surface area contributed by atoms with Gasteiger partial charge >= 0.3 is 0 Å². The van der Waals surface area contributed by atoms with Gasteiger partial charge in [-0.1, -0.05) is 51.9 Å². The first-order chi connectivity index (χ1) is 8.58. The zero-order chi connectivity index (χ0) is 13.4. The molecule has 18 heavy (non-hydrogen) atoms. The van der Waals surface area contributed by atoms with Crippen LogP contribution in [-0.4, -0.2) is 17.5 Å². The summed E-state index contributed by atoms with van der Waals surface area (Å²) in [6, 6.07) is 0.478. The average molecular weight is 254 g/mol. The van der Waals surface area contributed by atoms with E-state index in [0.717, 1.165) is 12.8 Å². The van der Waals surface area contributed by atoms with Crippen LogP contribution in [0.15, 0.2) is 0 Å². The van der Waals surface area contributed by atoms with Gasteiger partial charge in [0.1, 0.15) is 0 Å². The third kappa shape index (κ3) is 4.97. The summed E-state index contributed by atoms with van der Waals surface area (Å²) >= 11 is 0. The van der Waals surface area contributed by atoms with E-state index in [1.54, 1.807) is 0 Å². The predicted molar refractivity (Wildman–Crippen MR) is 76.4 cm³/mol. The lowest BCUT2D eigenvalue weighted by Gasteiger charge is -2.32. The number of nitrogens with two attached hydrogens (primary N) is 1. The number of nitrogens with one attached hydrogen (secondary N) is 1. The van der Waals surface area contributed by atoms with Gasteiger partial charge < -0.3 is 11.1 Å². The van der Waals surface area contributed by atoms with E-state index in [-0.39, 0.29) is 5.91 Å². The third-order valence-electron chi connectivity index (χ3n) is 4.20. The Balaban J connectivity index is 2.51. The molecule has 1 saturated carbocycles. The molecule has 0 radical (unpaired) electrons. The molecular weight excluding hydrogens is 224 g/mol. The van der Waals surface area contributed by atoms with Crippen LogP contribution in [0.2, 0.25) is 0 Å². The normalized spacial score (nSPS) is 21.2. The van der Waals surface area contributed by atoms with Gasteiger partial charge in [0, 0.05) is 6.04 Å². The maximum atomic E-state index is 11.7. The molecule has 1 unspecified atom stereocenters. The smallest absolute Gasteiger partial charge is 0.237 e. The summed E-state index contributed by atoms with van der Waals surface area (Å²) in [6.07, 6.45) is 11.9. The zero-order valence-electron chi connectivity index (χ0n) is 12.1. The van der Waals surface area contributed by atoms with E-state index < -0.39 is 5.54 Å². The van der Waals surface area contributed by atoms with E-state index in [9.17, 15) is 4.79 Å². The molecule has 0 spiro atoms. The number of carbonyl (C=O) groups excluding carboxylic acids is 1. The van der Waals surface area contributed by atoms with Gasteiger partial charge in [-0.3, -0.25) is 4.79 Å². The molecule has 3 N–H and O–H groups in total. The average Bonchev–Trinajstić information content (AvgIpc) is 2.57. The molecule has 106 valence electrons. The van der Waals surface area contributed by atoms with E-state index in [4.69, 9.17) is 5.73 Å². The van der Waals surface area contributed by atoms with Gasteiger partial charge in [-0.15, -0.1) is 0 Å². The topological polar surface area (TPSA) is 55.1 Å². The monoisotopic (exact) mass is 254 g/mol. The summed E-state index contributed by atoms with van der Waals surface area (Å²) < 4.78 is 0. The Morgan fingerprint density at radius 1 is 1.22 bits per heavy atom. The Morgan fingerprint density at radius 3 is 2.33 bits per heavy atom. The van der Waals surface area contributed by atoms with Crippen molar-refractivity contribution in [3.8, 4) is 0 Å². The van der Waals surface area contributed by atoms with Crippen molar-refractivity contribution in [2.24, 2.45) is 5.73 Å². The van der Waals surface area contributed by atoms with E-state index in [1.165, 1.54) is 51.4 Å². The van der Waals surface area contributed by atoms with Gasteiger partial charge in [0.2, 0.25) is 5.91 Å². The largest absolute Gasteiger partial charge is 0.368 e. The number of hydrogen-bond acceptors (Lipinski definition) is 2. The van der Waals surface area contributed by atoms with Gasteiger partial charge in [-0.05, 0) is 26.2 Å². The molecule has 0 saturated heterocycles. The summed E-state index contributed by atoms with van der Waals surface area (Å²) in [6.45, 7) is 4.16. The number of hydrogen-bond donors (Lipinski definition) is 2. The number of primary amides is 1. The van der Waals surface area contributed by atoms with Crippen molar-refractivity contribution in [2.75, 3.05) is 0 Å². The first kappa shape index (κ1) is 15.5. The maximum absolute atomic E-state index is 11.7. The number of amides is 1. The number of rotatable bonds is 7. The molecule has 1 fully saturated rings. The van der Waals surface area contributed by atoms with E-state index in [0.29, 0.717) is 6.04 Å². The van der Waals surface area contributed by atoms with Crippen LogP contribution in [0.1, 0.15) is 78.1 Å². The Bertz CT molecular complexity index is 247. The molecule has 0 aliphatic heterocycles. The highest BCUT2D eigenvalue weighted by molar-refractivity contribution is 5.84. The van der Waals surface area contributed by atoms with Crippen molar-refractivity contribution in [1.82, 2.24) is 5.32 Å². The van der Waals surface area contributed by atoms with E-state index in [1.807, 2.05) is 6.92 Å². The minimum absolute atomic E-state index is 0.192. The van der Waals surface area contributed by atoms with Crippen molar-refractivity contribution >= 4 is 5.91 Å². The van der Waals surface area contributed by atoms with Crippen LogP contribution in [0, 0.1) is 0 Å². The van der Waals surface area contributed by atoms with Crippen LogP contribution >= 0.6 is 0 Å². The lowest BCUT2D eigenvalue weighted by Crippen LogP contribution is -2.56. The van der Waals surface area contributed by atoms with Crippen molar-refractivity contribution in [3.63, 3.8) is 0 Å². The highest BCUT2D eigenvalue weighted by Crippen LogP contribution is 2.22. The van der Waals surface area contributed by atoms with Gasteiger partial charge in [0.05, 0.1) is 5.54 Å². The molecule has 0 heterocycles. The van der Waals surface area contributed by atoms with E-state index >= 15 is 0 Å². The second-order valence-corrected chi connectivity index (χ2v) is 5.99. The summed E-state index contributed by atoms with van der Waals surface area (Å²) in [5.74, 6) is -0.192. The Morgan fingerprint density at radius 2 is 1.83 bits per heavy atom. The van der Waals surface area contributed by atoms with Crippen molar-refractivity contribution in [2.45, 2.75) is 89.6 Å². The minimum Gasteiger partial charge on any atom is -0.368 e. The molecule has 3 heteroatoms. The van der Waals surface area contributed by atoms with Crippen LogP contribution in [-0.2, 0) is 4.79 Å². The standard InChI is InChI=1S/C15H30N2O/c1-3-4-9-12-15(2,14(16)18)17-13-10-7-5-6-8-11-13/h13,17H,3-12H2,1-2H3,(H2,16,18). The highest BCUT2D eigenvalue weighted by Gasteiger charge is 2.32. The van der Waals surface area contributed by atoms with Crippen molar-refractivity contribution in [3.05, 3.63) is 0 Å². The lowest BCUT2D eigenvalue weighted by atomic mass is 9.91. The van der Waals surface area contributed by atoms with Crippen LogP contribution < -0.4 is 11.1 Å². The molecule has 0 aromatic heterocycles. The Kier molecular flexibility index (Phi) is 6.69. The van der Waals surface area contributed by atoms with Gasteiger partial charge in [0.15, 0.2) is 0 Å². The highest BCUT2D eigenvalue weighted by atomic mass is 16.1. The Hall–Kier alpha value is -0.570. The molecule has 0 bridgehead atoms. The molecule has 0 aromatic carbocycles. The molecule has 3 nitrogen and oxygen atoms in total. The second-order valence-electron chi connectivity index (χ2n) is 5.99. The van der Waals surface area contributed by atoms with Crippen LogP contribution in [0.3, 0.4) is 0 Å². The second kappa shape index (κ2) is 7.78. The quantitative estimate of drug-likeness (QED) is 0.542. The van der Waals surface area contributed by atoms with Gasteiger partial charge in [0.25, 0.3) is 0 Å². The van der Waals surface area contributed by atoms with Crippen molar-refractivity contribution < 1.29 is 4.79 Å². The molecule has 0 aromatic rings. The molecule has 1 rings (SSSR count). The fraction of sp³-hybridized carbons (Fsp3) is 0.933. The fourth-order valence-corrected chi connectivity index (χ4v) is 2.87. The Labute approximate surface area is 112 Å².